The third kappa shape index (κ3) is 3.91. The van der Waals surface area contributed by atoms with E-state index in [1.54, 1.807) is 6.07 Å². The van der Waals surface area contributed by atoms with E-state index < -0.39 is 10.0 Å². The largest absolute Gasteiger partial charge is 0.461 e. The molecular formula is C22H21ClN2O3S3. The van der Waals surface area contributed by atoms with Gasteiger partial charge in [-0.3, -0.25) is 0 Å². The first-order valence-corrected chi connectivity index (χ1v) is 13.7. The molecule has 31 heavy (non-hydrogen) atoms. The lowest BCUT2D eigenvalue weighted by atomic mass is 9.94. The number of para-hydroxylation sites is 1. The lowest BCUT2D eigenvalue weighted by Gasteiger charge is -2.25. The van der Waals surface area contributed by atoms with Crippen LogP contribution in [0.25, 0.3) is 22.2 Å². The molecule has 1 aromatic carbocycles. The van der Waals surface area contributed by atoms with Crippen LogP contribution in [0.2, 0.25) is 4.34 Å². The van der Waals surface area contributed by atoms with Gasteiger partial charge < -0.3 is 8.98 Å². The van der Waals surface area contributed by atoms with Gasteiger partial charge in [0.05, 0.1) is 10.0 Å². The van der Waals surface area contributed by atoms with Gasteiger partial charge in [0.1, 0.15) is 15.6 Å². The number of hydrogen-bond acceptors (Lipinski definition) is 5. The minimum atomic E-state index is -3.84. The average molecular weight is 493 g/mol. The van der Waals surface area contributed by atoms with E-state index in [2.05, 4.69) is 8.96 Å². The Morgan fingerprint density at radius 1 is 1.13 bits per heavy atom. The molecule has 1 aliphatic carbocycles. The van der Waals surface area contributed by atoms with Crippen LogP contribution in [-0.4, -0.2) is 13.0 Å². The normalized spacial score (nSPS) is 16.4. The van der Waals surface area contributed by atoms with Crippen LogP contribution in [0, 0.1) is 6.92 Å². The van der Waals surface area contributed by atoms with E-state index in [1.165, 1.54) is 23.8 Å². The maximum atomic E-state index is 13.0. The first kappa shape index (κ1) is 21.0. The second-order valence-corrected chi connectivity index (χ2v) is 12.1. The smallest absolute Gasteiger partial charge is 0.294 e. The number of rotatable bonds is 4. The third-order valence-corrected chi connectivity index (χ3v) is 9.63. The highest BCUT2D eigenvalue weighted by Crippen LogP contribution is 2.38. The van der Waals surface area contributed by atoms with Crippen LogP contribution >= 0.6 is 34.3 Å². The van der Waals surface area contributed by atoms with Crippen molar-refractivity contribution in [3.05, 3.63) is 56.7 Å². The molecule has 1 fully saturated rings. The van der Waals surface area contributed by atoms with E-state index in [4.69, 9.17) is 16.0 Å². The van der Waals surface area contributed by atoms with E-state index in [1.807, 2.05) is 36.6 Å². The number of thiophene rings is 1. The van der Waals surface area contributed by atoms with Gasteiger partial charge >= 0.3 is 0 Å². The van der Waals surface area contributed by atoms with Gasteiger partial charge in [0.2, 0.25) is 4.80 Å². The van der Waals surface area contributed by atoms with Crippen molar-refractivity contribution in [2.24, 2.45) is 4.40 Å². The Kier molecular flexibility index (Phi) is 5.58. The zero-order valence-corrected chi connectivity index (χ0v) is 20.1. The summed E-state index contributed by atoms with van der Waals surface area (Å²) >= 11 is 8.36. The molecule has 0 spiro atoms. The molecule has 0 atom stereocenters. The van der Waals surface area contributed by atoms with E-state index in [0.29, 0.717) is 9.14 Å². The molecule has 9 heteroatoms. The molecule has 5 nitrogen and oxygen atoms in total. The minimum Gasteiger partial charge on any atom is -0.461 e. The van der Waals surface area contributed by atoms with Crippen LogP contribution in [-0.2, 0) is 10.0 Å². The van der Waals surface area contributed by atoms with Crippen LogP contribution in [0.15, 0.2) is 54.8 Å². The molecule has 1 saturated carbocycles. The molecule has 162 valence electrons. The predicted octanol–water partition coefficient (Wildman–Crippen LogP) is 6.78. The van der Waals surface area contributed by atoms with E-state index in [9.17, 15) is 8.42 Å². The first-order chi connectivity index (χ1) is 14.9. The summed E-state index contributed by atoms with van der Waals surface area (Å²) < 4.78 is 39.0. The van der Waals surface area contributed by atoms with Gasteiger partial charge in [0.15, 0.2) is 0 Å². The molecular weight excluding hydrogens is 472 g/mol. The Labute approximate surface area is 193 Å². The van der Waals surface area contributed by atoms with Crippen molar-refractivity contribution < 1.29 is 12.8 Å². The first-order valence-electron chi connectivity index (χ1n) is 10.2. The summed E-state index contributed by atoms with van der Waals surface area (Å²) in [4.78, 5) is 0.496. The Morgan fingerprint density at radius 2 is 1.90 bits per heavy atom. The highest BCUT2D eigenvalue weighted by atomic mass is 35.5. The van der Waals surface area contributed by atoms with Crippen LogP contribution in [0.3, 0.4) is 0 Å². The summed E-state index contributed by atoms with van der Waals surface area (Å²) in [5.41, 5.74) is 2.81. The summed E-state index contributed by atoms with van der Waals surface area (Å²) in [7, 11) is -3.84. The molecule has 0 aliphatic heterocycles. The van der Waals surface area contributed by atoms with Crippen LogP contribution in [0.5, 0.6) is 0 Å². The van der Waals surface area contributed by atoms with Gasteiger partial charge in [0, 0.05) is 22.4 Å². The summed E-state index contributed by atoms with van der Waals surface area (Å²) in [6.45, 7) is 1.96. The number of benzene rings is 1. The fourth-order valence-electron chi connectivity index (χ4n) is 4.33. The van der Waals surface area contributed by atoms with Crippen LogP contribution in [0.4, 0.5) is 0 Å². The highest BCUT2D eigenvalue weighted by molar-refractivity contribution is 7.92. The molecule has 5 rings (SSSR count). The second-order valence-electron chi connectivity index (χ2n) is 7.72. The number of furan rings is 1. The average Bonchev–Trinajstić information content (AvgIpc) is 3.45. The quantitative estimate of drug-likeness (QED) is 0.315. The van der Waals surface area contributed by atoms with Gasteiger partial charge in [-0.1, -0.05) is 49.1 Å². The molecule has 0 N–H and O–H groups in total. The van der Waals surface area contributed by atoms with Gasteiger partial charge in [-0.15, -0.1) is 27.1 Å². The number of aromatic nitrogens is 1. The van der Waals surface area contributed by atoms with Gasteiger partial charge in [-0.2, -0.15) is 8.42 Å². The lowest BCUT2D eigenvalue weighted by molar-refractivity contribution is 0.351. The molecule has 0 radical (unpaired) electrons. The van der Waals surface area contributed by atoms with Crippen molar-refractivity contribution in [1.82, 2.24) is 4.57 Å². The zero-order valence-electron chi connectivity index (χ0n) is 16.9. The zero-order chi connectivity index (χ0) is 21.6. The van der Waals surface area contributed by atoms with Gasteiger partial charge in [0.25, 0.3) is 10.0 Å². The number of sulfonamides is 1. The monoisotopic (exact) mass is 492 g/mol. The van der Waals surface area contributed by atoms with Crippen molar-refractivity contribution in [3.63, 3.8) is 0 Å². The van der Waals surface area contributed by atoms with Crippen molar-refractivity contribution >= 4 is 55.3 Å². The van der Waals surface area contributed by atoms with E-state index in [0.717, 1.165) is 65.0 Å². The number of aryl methyl sites for hydroxylation is 1. The Bertz CT molecular complexity index is 1420. The maximum Gasteiger partial charge on any atom is 0.294 e. The Hall–Kier alpha value is -1.87. The van der Waals surface area contributed by atoms with Crippen LogP contribution in [0.1, 0.15) is 43.9 Å². The standard InChI is InChI=1S/C22H21ClN2O3S3/c1-14-21(16-9-5-6-10-18(16)28-14)17-13-29-22(25(17)15-7-3-2-4-8-15)24-31(26,27)20-12-11-19(23)30-20/h5-6,9-13,15H,2-4,7-8H2,1H3/b24-22+. The molecule has 0 unspecified atom stereocenters. The maximum absolute atomic E-state index is 13.0. The predicted molar refractivity (Wildman–Crippen MR) is 126 cm³/mol. The van der Waals surface area contributed by atoms with Crippen molar-refractivity contribution in [1.29, 1.82) is 0 Å². The number of nitrogens with zero attached hydrogens (tertiary/aromatic N) is 2. The molecule has 0 bridgehead atoms. The molecule has 0 amide bonds. The topological polar surface area (TPSA) is 64.6 Å². The SMILES string of the molecule is Cc1oc2ccccc2c1-c1cs/c(=N/S(=O)(=O)c2ccc(Cl)s2)n1C1CCCCC1. The van der Waals surface area contributed by atoms with Gasteiger partial charge in [-0.25, -0.2) is 0 Å². The summed E-state index contributed by atoms with van der Waals surface area (Å²) in [5.74, 6) is 0.822. The second kappa shape index (κ2) is 8.24. The fourth-order valence-corrected chi connectivity index (χ4v) is 7.95. The summed E-state index contributed by atoms with van der Waals surface area (Å²) in [6, 6.07) is 11.3. The minimum absolute atomic E-state index is 0.160. The summed E-state index contributed by atoms with van der Waals surface area (Å²) in [6.07, 6.45) is 5.49. The number of hydrogen-bond donors (Lipinski definition) is 0. The summed E-state index contributed by atoms with van der Waals surface area (Å²) in [5, 5.41) is 3.04. The fraction of sp³-hybridized carbons (Fsp3) is 0.318. The Morgan fingerprint density at radius 3 is 2.65 bits per heavy atom. The third-order valence-electron chi connectivity index (χ3n) is 5.71. The van der Waals surface area contributed by atoms with Crippen molar-refractivity contribution in [3.8, 4) is 11.3 Å². The number of thiazole rings is 1. The van der Waals surface area contributed by atoms with E-state index >= 15 is 0 Å². The molecule has 0 saturated heterocycles. The molecule has 3 heterocycles. The highest BCUT2D eigenvalue weighted by Gasteiger charge is 2.25. The van der Waals surface area contributed by atoms with Crippen molar-refractivity contribution in [2.75, 3.05) is 0 Å². The van der Waals surface area contributed by atoms with E-state index in [-0.39, 0.29) is 10.3 Å². The molecule has 3 aromatic heterocycles. The Balaban J connectivity index is 1.74. The van der Waals surface area contributed by atoms with Crippen LogP contribution < -0.4 is 4.80 Å². The number of halogens is 1. The lowest BCUT2D eigenvalue weighted by Crippen LogP contribution is -2.25. The molecule has 4 aromatic rings. The van der Waals surface area contributed by atoms with Gasteiger partial charge in [-0.05, 0) is 38.0 Å². The van der Waals surface area contributed by atoms with Crippen molar-refractivity contribution in [2.45, 2.75) is 49.3 Å². The molecule has 1 aliphatic rings. The number of fused-ring (bicyclic) bond motifs is 1.